The monoisotopic (exact) mass is 256 g/mol. The second-order valence-corrected chi connectivity index (χ2v) is 5.24. The highest BCUT2D eigenvalue weighted by atomic mass is 16.6. The van der Waals surface area contributed by atoms with Gasteiger partial charge in [0.15, 0.2) is 0 Å². The van der Waals surface area contributed by atoms with E-state index in [9.17, 15) is 9.59 Å². The Morgan fingerprint density at radius 2 is 1.94 bits per heavy atom. The number of hydrogen-bond donors (Lipinski definition) is 1. The van der Waals surface area contributed by atoms with Crippen LogP contribution in [0.15, 0.2) is 0 Å². The van der Waals surface area contributed by atoms with Crippen LogP contribution in [0.3, 0.4) is 0 Å². The lowest BCUT2D eigenvalue weighted by molar-refractivity contribution is -0.137. The summed E-state index contributed by atoms with van der Waals surface area (Å²) in [5.74, 6) is -0.887. The van der Waals surface area contributed by atoms with E-state index in [2.05, 4.69) is 11.9 Å². The number of rotatable bonds is 3. The number of ether oxygens (including phenoxy) is 1. The molecule has 1 amide bonds. The molecule has 1 spiro atoms. The van der Waals surface area contributed by atoms with Crippen molar-refractivity contribution in [3.8, 4) is 0 Å². The molecule has 0 aromatic carbocycles. The molecule has 0 unspecified atom stereocenters. The molecule has 2 saturated heterocycles. The molecular formula is C12H20N2O4. The summed E-state index contributed by atoms with van der Waals surface area (Å²) in [4.78, 5) is 26.1. The second kappa shape index (κ2) is 5.14. The first-order valence-electron chi connectivity index (χ1n) is 6.39. The molecule has 2 rings (SSSR count). The van der Waals surface area contributed by atoms with Gasteiger partial charge in [-0.05, 0) is 7.05 Å². The second-order valence-electron chi connectivity index (χ2n) is 5.24. The van der Waals surface area contributed by atoms with Crippen molar-refractivity contribution < 1.29 is 19.4 Å². The van der Waals surface area contributed by atoms with E-state index >= 15 is 0 Å². The molecule has 0 saturated carbocycles. The van der Waals surface area contributed by atoms with Gasteiger partial charge in [-0.15, -0.1) is 0 Å². The fourth-order valence-corrected chi connectivity index (χ4v) is 2.54. The first kappa shape index (κ1) is 13.1. The lowest BCUT2D eigenvalue weighted by Crippen LogP contribution is -2.54. The van der Waals surface area contributed by atoms with Crippen LogP contribution in [0.5, 0.6) is 0 Å². The van der Waals surface area contributed by atoms with Crippen LogP contribution in [0.1, 0.15) is 25.7 Å². The normalized spacial score (nSPS) is 24.1. The first-order valence-corrected chi connectivity index (χ1v) is 6.39. The summed E-state index contributed by atoms with van der Waals surface area (Å²) in [6, 6.07) is 0. The van der Waals surface area contributed by atoms with Gasteiger partial charge in [-0.3, -0.25) is 4.79 Å². The van der Waals surface area contributed by atoms with E-state index in [-0.39, 0.29) is 24.7 Å². The van der Waals surface area contributed by atoms with Crippen LogP contribution in [0.2, 0.25) is 0 Å². The minimum Gasteiger partial charge on any atom is -0.481 e. The molecule has 0 atom stereocenters. The van der Waals surface area contributed by atoms with Crippen LogP contribution < -0.4 is 0 Å². The smallest absolute Gasteiger partial charge is 0.410 e. The molecule has 2 heterocycles. The molecule has 0 radical (unpaired) electrons. The number of likely N-dealkylation sites (tertiary alicyclic amines) is 1. The Balaban J connectivity index is 1.87. The maximum absolute atomic E-state index is 11.9. The van der Waals surface area contributed by atoms with Gasteiger partial charge in [-0.1, -0.05) is 0 Å². The molecule has 6 nitrogen and oxygen atoms in total. The van der Waals surface area contributed by atoms with Gasteiger partial charge in [0.1, 0.15) is 5.60 Å². The highest BCUT2D eigenvalue weighted by molar-refractivity contribution is 5.71. The Morgan fingerprint density at radius 1 is 1.33 bits per heavy atom. The molecule has 0 aliphatic carbocycles. The van der Waals surface area contributed by atoms with E-state index in [1.807, 2.05) is 0 Å². The lowest BCUT2D eigenvalue weighted by atomic mass is 9.87. The zero-order valence-electron chi connectivity index (χ0n) is 10.7. The standard InChI is InChI=1S/C12H20N2O4/c1-13-7-3-12(4-8-13)5-9-14(11(17)18-12)6-2-10(15)16/h2-9H2,1H3,(H,15,16). The molecule has 102 valence electrons. The molecule has 1 N–H and O–H groups in total. The fourth-order valence-electron chi connectivity index (χ4n) is 2.54. The van der Waals surface area contributed by atoms with Gasteiger partial charge in [-0.2, -0.15) is 0 Å². The summed E-state index contributed by atoms with van der Waals surface area (Å²) in [5.41, 5.74) is -0.302. The number of carboxylic acid groups (broad SMARTS) is 1. The number of carboxylic acids is 1. The van der Waals surface area contributed by atoms with Gasteiger partial charge in [-0.25, -0.2) is 4.79 Å². The van der Waals surface area contributed by atoms with Gasteiger partial charge < -0.3 is 19.6 Å². The number of carbonyl (C=O) groups excluding carboxylic acids is 1. The zero-order valence-corrected chi connectivity index (χ0v) is 10.7. The third-order valence-corrected chi connectivity index (χ3v) is 3.89. The van der Waals surface area contributed by atoms with Crippen LogP contribution in [-0.4, -0.2) is 65.8 Å². The van der Waals surface area contributed by atoms with Crippen molar-refractivity contribution in [1.29, 1.82) is 0 Å². The van der Waals surface area contributed by atoms with Crippen molar-refractivity contribution in [1.82, 2.24) is 9.80 Å². The number of piperidine rings is 1. The quantitative estimate of drug-likeness (QED) is 0.807. The summed E-state index contributed by atoms with van der Waals surface area (Å²) >= 11 is 0. The van der Waals surface area contributed by atoms with Gasteiger partial charge in [0, 0.05) is 45.4 Å². The van der Waals surface area contributed by atoms with Crippen LogP contribution in [0.25, 0.3) is 0 Å². The third kappa shape index (κ3) is 2.93. The number of hydrogen-bond acceptors (Lipinski definition) is 4. The molecular weight excluding hydrogens is 236 g/mol. The van der Waals surface area contributed by atoms with E-state index in [4.69, 9.17) is 9.84 Å². The van der Waals surface area contributed by atoms with Crippen LogP contribution >= 0.6 is 0 Å². The molecule has 18 heavy (non-hydrogen) atoms. The summed E-state index contributed by atoms with van der Waals surface area (Å²) in [7, 11) is 2.07. The SMILES string of the molecule is CN1CCC2(CC1)CCN(CCC(=O)O)C(=O)O2. The van der Waals surface area contributed by atoms with Crippen molar-refractivity contribution >= 4 is 12.1 Å². The van der Waals surface area contributed by atoms with E-state index < -0.39 is 5.97 Å². The molecule has 2 fully saturated rings. The van der Waals surface area contributed by atoms with Gasteiger partial charge in [0.2, 0.25) is 0 Å². The molecule has 6 heteroatoms. The van der Waals surface area contributed by atoms with Crippen molar-refractivity contribution in [2.45, 2.75) is 31.3 Å². The summed E-state index contributed by atoms with van der Waals surface area (Å²) < 4.78 is 5.58. The van der Waals surface area contributed by atoms with E-state index in [1.165, 1.54) is 4.90 Å². The minimum atomic E-state index is -0.887. The van der Waals surface area contributed by atoms with Crippen LogP contribution in [0, 0.1) is 0 Å². The minimum absolute atomic E-state index is 0.0230. The third-order valence-electron chi connectivity index (χ3n) is 3.89. The van der Waals surface area contributed by atoms with Crippen LogP contribution in [0.4, 0.5) is 4.79 Å². The number of carbonyl (C=O) groups is 2. The summed E-state index contributed by atoms with van der Waals surface area (Å²) in [5, 5.41) is 8.62. The van der Waals surface area contributed by atoms with Crippen molar-refractivity contribution in [3.63, 3.8) is 0 Å². The molecule has 0 bridgehead atoms. The Kier molecular flexibility index (Phi) is 3.75. The molecule has 0 aromatic heterocycles. The molecule has 2 aliphatic heterocycles. The molecule has 0 aromatic rings. The van der Waals surface area contributed by atoms with Gasteiger partial charge in [0.25, 0.3) is 0 Å². The van der Waals surface area contributed by atoms with E-state index in [0.29, 0.717) is 6.54 Å². The highest BCUT2D eigenvalue weighted by Crippen LogP contribution is 2.33. The maximum atomic E-state index is 11.9. The number of aliphatic carboxylic acids is 1. The highest BCUT2D eigenvalue weighted by Gasteiger charge is 2.42. The van der Waals surface area contributed by atoms with Crippen LogP contribution in [-0.2, 0) is 9.53 Å². The largest absolute Gasteiger partial charge is 0.481 e. The fraction of sp³-hybridized carbons (Fsp3) is 0.833. The predicted molar refractivity (Wildman–Crippen MR) is 64.4 cm³/mol. The zero-order chi connectivity index (χ0) is 13.2. The first-order chi connectivity index (χ1) is 8.51. The Morgan fingerprint density at radius 3 is 2.50 bits per heavy atom. The topological polar surface area (TPSA) is 70.1 Å². The summed E-state index contributed by atoms with van der Waals surface area (Å²) in [6.45, 7) is 2.74. The number of amides is 1. The Labute approximate surface area is 106 Å². The van der Waals surface area contributed by atoms with Gasteiger partial charge >= 0.3 is 12.1 Å². The average molecular weight is 256 g/mol. The molecule has 2 aliphatic rings. The maximum Gasteiger partial charge on any atom is 0.410 e. The summed E-state index contributed by atoms with van der Waals surface area (Å²) in [6.07, 6.45) is 2.19. The van der Waals surface area contributed by atoms with E-state index in [0.717, 1.165) is 32.4 Å². The average Bonchev–Trinajstić information content (AvgIpc) is 2.32. The Hall–Kier alpha value is -1.30. The van der Waals surface area contributed by atoms with Crippen molar-refractivity contribution in [2.75, 3.05) is 33.2 Å². The van der Waals surface area contributed by atoms with Crippen molar-refractivity contribution in [2.24, 2.45) is 0 Å². The lowest BCUT2D eigenvalue weighted by Gasteiger charge is -2.45. The van der Waals surface area contributed by atoms with E-state index in [1.54, 1.807) is 0 Å². The van der Waals surface area contributed by atoms with Crippen molar-refractivity contribution in [3.05, 3.63) is 0 Å². The number of nitrogens with zero attached hydrogens (tertiary/aromatic N) is 2. The Bertz CT molecular complexity index is 337. The van der Waals surface area contributed by atoms with Gasteiger partial charge in [0.05, 0.1) is 6.42 Å². The predicted octanol–water partition coefficient (Wildman–Crippen LogP) is 0.768.